The molecule has 0 aliphatic rings. The molecular formula is C17H20ClF3N4O3. The number of halogens is 4. The third-order valence-electron chi connectivity index (χ3n) is 4.00. The van der Waals surface area contributed by atoms with Crippen LogP contribution in [0.15, 0.2) is 28.7 Å². The van der Waals surface area contributed by atoms with Gasteiger partial charge in [-0.2, -0.15) is 0 Å². The number of carbonyl (C=O) groups is 1. The zero-order valence-corrected chi connectivity index (χ0v) is 15.8. The smallest absolute Gasteiger partial charge is 0.407 e. The lowest BCUT2D eigenvalue weighted by molar-refractivity contribution is -0.151. The molecule has 0 aliphatic carbocycles. The fourth-order valence-corrected chi connectivity index (χ4v) is 2.89. The lowest BCUT2D eigenvalue weighted by Crippen LogP contribution is -2.34. The van der Waals surface area contributed by atoms with Gasteiger partial charge in [0.1, 0.15) is 0 Å². The fourth-order valence-electron chi connectivity index (χ4n) is 2.67. The van der Waals surface area contributed by atoms with Crippen LogP contribution in [0.1, 0.15) is 44.4 Å². The highest BCUT2D eigenvalue weighted by molar-refractivity contribution is 6.33. The van der Waals surface area contributed by atoms with Crippen LogP contribution in [0.4, 0.5) is 24.9 Å². The van der Waals surface area contributed by atoms with E-state index < -0.39 is 18.2 Å². The normalized spacial score (nSPS) is 12.6. The molecule has 0 radical (unpaired) electrons. The first-order valence-electron chi connectivity index (χ1n) is 8.63. The molecule has 1 unspecified atom stereocenters. The number of unbranched alkanes of at least 4 members (excludes halogenated alkanes) is 2. The number of amides is 1. The molecule has 1 N–H and O–H groups in total. The second-order valence-corrected chi connectivity index (χ2v) is 6.50. The standard InChI is InChI=1S/C17H20ClF3N4O3/c1-2-3-4-7-12(10-24(27)11-26)15-22-23-16(28-15)25(17(19,20)21)14-9-6-5-8-13(14)18/h5-6,8-9,11-12,27H,2-4,7,10H2,1H3. The van der Waals surface area contributed by atoms with E-state index in [0.29, 0.717) is 11.5 Å². The Morgan fingerprint density at radius 1 is 1.29 bits per heavy atom. The van der Waals surface area contributed by atoms with Gasteiger partial charge in [-0.1, -0.05) is 55.0 Å². The molecule has 1 aromatic heterocycles. The average molecular weight is 421 g/mol. The van der Waals surface area contributed by atoms with E-state index in [1.807, 2.05) is 6.92 Å². The molecule has 0 spiro atoms. The Balaban J connectivity index is 2.35. The van der Waals surface area contributed by atoms with E-state index in [0.717, 1.165) is 19.3 Å². The molecule has 1 heterocycles. The van der Waals surface area contributed by atoms with E-state index in [1.165, 1.54) is 24.3 Å². The van der Waals surface area contributed by atoms with Crippen molar-refractivity contribution in [2.75, 3.05) is 11.4 Å². The third-order valence-corrected chi connectivity index (χ3v) is 4.32. The van der Waals surface area contributed by atoms with Gasteiger partial charge in [0.05, 0.1) is 23.2 Å². The lowest BCUT2D eigenvalue weighted by atomic mass is 10.0. The molecule has 2 rings (SSSR count). The number of hydrogen-bond donors (Lipinski definition) is 1. The van der Waals surface area contributed by atoms with Crippen molar-refractivity contribution in [1.82, 2.24) is 15.3 Å². The first kappa shape index (κ1) is 22.0. The van der Waals surface area contributed by atoms with Crippen molar-refractivity contribution >= 4 is 29.7 Å². The summed E-state index contributed by atoms with van der Waals surface area (Å²) in [5, 5.41) is 17.0. The summed E-state index contributed by atoms with van der Waals surface area (Å²) < 4.78 is 46.2. The van der Waals surface area contributed by atoms with E-state index in [9.17, 15) is 23.2 Å². The highest BCUT2D eigenvalue weighted by Crippen LogP contribution is 2.40. The Kier molecular flexibility index (Phi) is 7.64. The molecule has 1 amide bonds. The minimum absolute atomic E-state index is 0.103. The van der Waals surface area contributed by atoms with Gasteiger partial charge in [-0.15, -0.1) is 18.3 Å². The first-order chi connectivity index (χ1) is 13.3. The van der Waals surface area contributed by atoms with Gasteiger partial charge >= 0.3 is 12.3 Å². The third kappa shape index (κ3) is 5.59. The highest BCUT2D eigenvalue weighted by atomic mass is 35.5. The lowest BCUT2D eigenvalue weighted by Gasteiger charge is -2.23. The van der Waals surface area contributed by atoms with Crippen LogP contribution in [0.25, 0.3) is 0 Å². The zero-order chi connectivity index (χ0) is 20.7. The van der Waals surface area contributed by atoms with Crippen LogP contribution >= 0.6 is 11.6 Å². The summed E-state index contributed by atoms with van der Waals surface area (Å²) in [7, 11) is 0. The van der Waals surface area contributed by atoms with Crippen molar-refractivity contribution in [2.24, 2.45) is 0 Å². The summed E-state index contributed by atoms with van der Waals surface area (Å²) in [6.07, 6.45) is -1.68. The summed E-state index contributed by atoms with van der Waals surface area (Å²) in [5.41, 5.74) is -0.355. The SMILES string of the molecule is CCCCCC(CN(O)C=O)c1nnc(N(c2ccccc2Cl)C(F)(F)F)o1. The van der Waals surface area contributed by atoms with Crippen molar-refractivity contribution in [1.29, 1.82) is 0 Å². The van der Waals surface area contributed by atoms with Crippen molar-refractivity contribution in [3.63, 3.8) is 0 Å². The maximum absolute atomic E-state index is 13.6. The van der Waals surface area contributed by atoms with Gasteiger partial charge < -0.3 is 4.42 Å². The number of para-hydroxylation sites is 1. The number of nitrogens with zero attached hydrogens (tertiary/aromatic N) is 4. The molecular weight excluding hydrogens is 401 g/mol. The van der Waals surface area contributed by atoms with Gasteiger partial charge in [-0.3, -0.25) is 10.0 Å². The summed E-state index contributed by atoms with van der Waals surface area (Å²) >= 11 is 5.91. The van der Waals surface area contributed by atoms with Crippen LogP contribution in [-0.4, -0.2) is 39.7 Å². The van der Waals surface area contributed by atoms with Crippen molar-refractivity contribution in [3.05, 3.63) is 35.2 Å². The largest absolute Gasteiger partial charge is 0.493 e. The number of rotatable bonds is 10. The van der Waals surface area contributed by atoms with E-state index >= 15 is 0 Å². The molecule has 28 heavy (non-hydrogen) atoms. The van der Waals surface area contributed by atoms with Gasteiger partial charge in [0.15, 0.2) is 0 Å². The van der Waals surface area contributed by atoms with E-state index in [1.54, 1.807) is 0 Å². The maximum atomic E-state index is 13.6. The molecule has 1 aromatic carbocycles. The van der Waals surface area contributed by atoms with Crippen LogP contribution in [-0.2, 0) is 4.79 Å². The van der Waals surface area contributed by atoms with Gasteiger partial charge in [0, 0.05) is 0 Å². The number of aromatic nitrogens is 2. The van der Waals surface area contributed by atoms with Gasteiger partial charge in [0.2, 0.25) is 12.3 Å². The summed E-state index contributed by atoms with van der Waals surface area (Å²) in [6, 6.07) is 4.60. The number of carbonyl (C=O) groups excluding carboxylic acids is 1. The second kappa shape index (κ2) is 9.74. The Morgan fingerprint density at radius 2 is 2.00 bits per heavy atom. The van der Waals surface area contributed by atoms with E-state index in [2.05, 4.69) is 10.2 Å². The van der Waals surface area contributed by atoms with Crippen molar-refractivity contribution in [2.45, 2.75) is 44.8 Å². The van der Waals surface area contributed by atoms with Crippen molar-refractivity contribution < 1.29 is 27.6 Å². The number of anilines is 2. The molecule has 2 aromatic rings. The number of hydroxylamine groups is 2. The Bertz CT molecular complexity index is 772. The van der Waals surface area contributed by atoms with Gasteiger partial charge in [-0.05, 0) is 18.6 Å². The Labute approximate surface area is 164 Å². The molecule has 0 saturated heterocycles. The van der Waals surface area contributed by atoms with Crippen molar-refractivity contribution in [3.8, 4) is 0 Å². The molecule has 154 valence electrons. The van der Waals surface area contributed by atoms with Crippen LogP contribution < -0.4 is 4.90 Å². The number of hydrogen-bond acceptors (Lipinski definition) is 6. The molecule has 0 saturated carbocycles. The maximum Gasteiger partial charge on any atom is 0.493 e. The average Bonchev–Trinajstić information content (AvgIpc) is 3.11. The quantitative estimate of drug-likeness (QED) is 0.194. The monoisotopic (exact) mass is 420 g/mol. The Hall–Kier alpha value is -2.33. The highest BCUT2D eigenvalue weighted by Gasteiger charge is 2.43. The van der Waals surface area contributed by atoms with Gasteiger partial charge in [0.25, 0.3) is 0 Å². The predicted octanol–water partition coefficient (Wildman–Crippen LogP) is 4.89. The minimum Gasteiger partial charge on any atom is -0.407 e. The van der Waals surface area contributed by atoms with Crippen LogP contribution in [0.5, 0.6) is 0 Å². The van der Waals surface area contributed by atoms with Crippen LogP contribution in [0.3, 0.4) is 0 Å². The Morgan fingerprint density at radius 3 is 2.61 bits per heavy atom. The topological polar surface area (TPSA) is 82.7 Å². The molecule has 7 nitrogen and oxygen atoms in total. The zero-order valence-electron chi connectivity index (χ0n) is 15.1. The second-order valence-electron chi connectivity index (χ2n) is 6.10. The molecule has 0 bridgehead atoms. The van der Waals surface area contributed by atoms with Crippen LogP contribution in [0, 0.1) is 0 Å². The van der Waals surface area contributed by atoms with Gasteiger partial charge in [-0.25, -0.2) is 9.96 Å². The van der Waals surface area contributed by atoms with E-state index in [4.69, 9.17) is 16.0 Å². The van der Waals surface area contributed by atoms with E-state index in [-0.39, 0.29) is 34.5 Å². The first-order valence-corrected chi connectivity index (χ1v) is 9.01. The number of alkyl halides is 3. The molecule has 0 fully saturated rings. The summed E-state index contributed by atoms with van der Waals surface area (Å²) in [5.74, 6) is -0.711. The molecule has 0 aliphatic heterocycles. The summed E-state index contributed by atoms with van der Waals surface area (Å²) in [4.78, 5) is 10.6. The predicted molar refractivity (Wildman–Crippen MR) is 95.4 cm³/mol. The molecule has 1 atom stereocenters. The number of benzene rings is 1. The fraction of sp³-hybridized carbons (Fsp3) is 0.471. The minimum atomic E-state index is -4.86. The van der Waals surface area contributed by atoms with Crippen LogP contribution in [0.2, 0.25) is 5.02 Å². The molecule has 11 heteroatoms. The summed E-state index contributed by atoms with van der Waals surface area (Å²) in [6.45, 7) is 1.82.